The third-order valence-corrected chi connectivity index (χ3v) is 3.64. The van der Waals surface area contributed by atoms with Crippen LogP contribution < -0.4 is 5.32 Å². The molecule has 0 atom stereocenters. The van der Waals surface area contributed by atoms with Crippen molar-refractivity contribution >= 4 is 22.8 Å². The lowest BCUT2D eigenvalue weighted by atomic mass is 10.0. The number of carbonyl (C=O) groups excluding carboxylic acids is 1. The highest BCUT2D eigenvalue weighted by molar-refractivity contribution is 5.96. The summed E-state index contributed by atoms with van der Waals surface area (Å²) in [5.41, 5.74) is 2.02. The molecule has 3 rings (SSSR count). The van der Waals surface area contributed by atoms with E-state index in [1.807, 2.05) is 48.5 Å². The summed E-state index contributed by atoms with van der Waals surface area (Å²) in [7, 11) is 0. The second-order valence-electron chi connectivity index (χ2n) is 5.26. The minimum absolute atomic E-state index is 0.0890. The first-order chi connectivity index (χ1) is 11.3. The quantitative estimate of drug-likeness (QED) is 0.732. The van der Waals surface area contributed by atoms with Gasteiger partial charge in [0, 0.05) is 30.9 Å². The average molecular weight is 302 g/mol. The Morgan fingerprint density at radius 2 is 1.83 bits per heavy atom. The van der Waals surface area contributed by atoms with Gasteiger partial charge in [-0.25, -0.2) is 0 Å². The Morgan fingerprint density at radius 3 is 2.70 bits per heavy atom. The van der Waals surface area contributed by atoms with Crippen molar-refractivity contribution in [1.82, 2.24) is 10.3 Å². The van der Waals surface area contributed by atoms with Gasteiger partial charge >= 0.3 is 0 Å². The summed E-state index contributed by atoms with van der Waals surface area (Å²) in [6.07, 6.45) is 5.94. The van der Waals surface area contributed by atoms with Crippen LogP contribution in [0.3, 0.4) is 0 Å². The molecule has 23 heavy (non-hydrogen) atoms. The zero-order valence-electron chi connectivity index (χ0n) is 12.8. The second kappa shape index (κ2) is 7.36. The zero-order chi connectivity index (χ0) is 15.9. The molecule has 3 aromatic rings. The van der Waals surface area contributed by atoms with Crippen molar-refractivity contribution in [2.75, 3.05) is 6.54 Å². The standard InChI is InChI=1S/C20H18N2O/c23-20(22-15-13-18-9-3-4-14-21-18)12-11-17-8-5-7-16-6-1-2-10-19(16)17/h1-12,14H,13,15H2,(H,22,23)/b12-11+. The molecule has 1 N–H and O–H groups in total. The van der Waals surface area contributed by atoms with Gasteiger partial charge in [-0.05, 0) is 34.5 Å². The van der Waals surface area contributed by atoms with E-state index in [-0.39, 0.29) is 5.91 Å². The summed E-state index contributed by atoms with van der Waals surface area (Å²) in [6, 6.07) is 20.0. The summed E-state index contributed by atoms with van der Waals surface area (Å²) in [5.74, 6) is -0.0890. The summed E-state index contributed by atoms with van der Waals surface area (Å²) in [6.45, 7) is 0.579. The van der Waals surface area contributed by atoms with Gasteiger partial charge in [0.15, 0.2) is 0 Å². The van der Waals surface area contributed by atoms with Crippen LogP contribution in [0.15, 0.2) is 72.9 Å². The Bertz CT molecular complexity index is 820. The Morgan fingerprint density at radius 1 is 1.00 bits per heavy atom. The van der Waals surface area contributed by atoms with Crippen LogP contribution >= 0.6 is 0 Å². The molecule has 1 amide bonds. The topological polar surface area (TPSA) is 42.0 Å². The molecule has 0 radical (unpaired) electrons. The van der Waals surface area contributed by atoms with Gasteiger partial charge in [0.05, 0.1) is 0 Å². The van der Waals surface area contributed by atoms with Gasteiger partial charge in [0.2, 0.25) is 5.91 Å². The molecule has 114 valence electrons. The maximum Gasteiger partial charge on any atom is 0.244 e. The first-order valence-electron chi connectivity index (χ1n) is 7.66. The van der Waals surface area contributed by atoms with Gasteiger partial charge in [-0.15, -0.1) is 0 Å². The predicted octanol–water partition coefficient (Wildman–Crippen LogP) is 3.61. The van der Waals surface area contributed by atoms with Crippen LogP contribution in [0, 0.1) is 0 Å². The fourth-order valence-electron chi connectivity index (χ4n) is 2.48. The van der Waals surface area contributed by atoms with Crippen LogP contribution in [-0.4, -0.2) is 17.4 Å². The number of benzene rings is 2. The molecule has 0 unspecified atom stereocenters. The zero-order valence-corrected chi connectivity index (χ0v) is 12.8. The van der Waals surface area contributed by atoms with Crippen LogP contribution in [0.5, 0.6) is 0 Å². The number of pyridine rings is 1. The number of rotatable bonds is 5. The SMILES string of the molecule is O=C(/C=C/c1cccc2ccccc12)NCCc1ccccn1. The molecule has 0 bridgehead atoms. The van der Waals surface area contributed by atoms with Crippen molar-refractivity contribution in [1.29, 1.82) is 0 Å². The van der Waals surface area contributed by atoms with Gasteiger partial charge in [0.25, 0.3) is 0 Å². The average Bonchev–Trinajstić information content (AvgIpc) is 2.61. The van der Waals surface area contributed by atoms with Crippen LogP contribution in [0.2, 0.25) is 0 Å². The lowest BCUT2D eigenvalue weighted by Crippen LogP contribution is -2.23. The van der Waals surface area contributed by atoms with Crippen LogP contribution in [0.1, 0.15) is 11.3 Å². The molecular weight excluding hydrogens is 284 g/mol. The first kappa shape index (κ1) is 15.0. The highest BCUT2D eigenvalue weighted by atomic mass is 16.1. The number of hydrogen-bond acceptors (Lipinski definition) is 2. The Balaban J connectivity index is 1.59. The van der Waals surface area contributed by atoms with Gasteiger partial charge in [-0.3, -0.25) is 9.78 Å². The molecule has 0 aliphatic rings. The number of hydrogen-bond donors (Lipinski definition) is 1. The van der Waals surface area contributed by atoms with E-state index in [0.717, 1.165) is 23.1 Å². The summed E-state index contributed by atoms with van der Waals surface area (Å²) in [4.78, 5) is 16.2. The monoisotopic (exact) mass is 302 g/mol. The molecule has 3 heteroatoms. The van der Waals surface area contributed by atoms with Crippen LogP contribution in [0.25, 0.3) is 16.8 Å². The fourth-order valence-corrected chi connectivity index (χ4v) is 2.48. The summed E-state index contributed by atoms with van der Waals surface area (Å²) < 4.78 is 0. The van der Waals surface area contributed by atoms with E-state index in [2.05, 4.69) is 28.5 Å². The molecule has 0 aliphatic carbocycles. The largest absolute Gasteiger partial charge is 0.352 e. The number of fused-ring (bicyclic) bond motifs is 1. The Kier molecular flexibility index (Phi) is 4.79. The Labute approximate surface area is 135 Å². The van der Waals surface area contributed by atoms with Gasteiger partial charge < -0.3 is 5.32 Å². The van der Waals surface area contributed by atoms with Crippen molar-refractivity contribution in [2.24, 2.45) is 0 Å². The maximum absolute atomic E-state index is 11.9. The van der Waals surface area contributed by atoms with Gasteiger partial charge in [-0.2, -0.15) is 0 Å². The van der Waals surface area contributed by atoms with E-state index in [9.17, 15) is 4.79 Å². The van der Waals surface area contributed by atoms with Gasteiger partial charge in [0.1, 0.15) is 0 Å². The van der Waals surface area contributed by atoms with E-state index in [4.69, 9.17) is 0 Å². The van der Waals surface area contributed by atoms with Crippen LogP contribution in [-0.2, 0) is 11.2 Å². The summed E-state index contributed by atoms with van der Waals surface area (Å²) >= 11 is 0. The van der Waals surface area contributed by atoms with Crippen molar-refractivity contribution in [3.05, 3.63) is 84.2 Å². The number of aromatic nitrogens is 1. The van der Waals surface area contributed by atoms with Gasteiger partial charge in [-0.1, -0.05) is 48.5 Å². The third kappa shape index (κ3) is 4.04. The van der Waals surface area contributed by atoms with E-state index in [0.29, 0.717) is 6.54 Å². The first-order valence-corrected chi connectivity index (χ1v) is 7.66. The molecule has 1 heterocycles. The molecular formula is C20H18N2O. The fraction of sp³-hybridized carbons (Fsp3) is 0.100. The number of amides is 1. The number of nitrogens with zero attached hydrogens (tertiary/aromatic N) is 1. The minimum Gasteiger partial charge on any atom is -0.352 e. The highest BCUT2D eigenvalue weighted by Crippen LogP contribution is 2.19. The molecule has 1 aromatic heterocycles. The van der Waals surface area contributed by atoms with Crippen molar-refractivity contribution in [3.63, 3.8) is 0 Å². The van der Waals surface area contributed by atoms with Crippen LogP contribution in [0.4, 0.5) is 0 Å². The van der Waals surface area contributed by atoms with E-state index < -0.39 is 0 Å². The van der Waals surface area contributed by atoms with Crippen molar-refractivity contribution in [2.45, 2.75) is 6.42 Å². The minimum atomic E-state index is -0.0890. The highest BCUT2D eigenvalue weighted by Gasteiger charge is 1.99. The lowest BCUT2D eigenvalue weighted by Gasteiger charge is -2.03. The van der Waals surface area contributed by atoms with E-state index >= 15 is 0 Å². The smallest absolute Gasteiger partial charge is 0.244 e. The van der Waals surface area contributed by atoms with Crippen molar-refractivity contribution < 1.29 is 4.79 Å². The molecule has 3 nitrogen and oxygen atoms in total. The molecule has 0 saturated heterocycles. The lowest BCUT2D eigenvalue weighted by molar-refractivity contribution is -0.116. The van der Waals surface area contributed by atoms with Crippen molar-refractivity contribution in [3.8, 4) is 0 Å². The Hall–Kier alpha value is -2.94. The second-order valence-corrected chi connectivity index (χ2v) is 5.26. The molecule has 0 saturated carbocycles. The molecule has 0 spiro atoms. The molecule has 2 aromatic carbocycles. The number of nitrogens with one attached hydrogen (secondary N) is 1. The maximum atomic E-state index is 11.9. The molecule has 0 fully saturated rings. The van der Waals surface area contributed by atoms with E-state index in [1.54, 1.807) is 12.3 Å². The van der Waals surface area contributed by atoms with E-state index in [1.165, 1.54) is 5.39 Å². The normalized spacial score (nSPS) is 11.0. The molecule has 0 aliphatic heterocycles. The third-order valence-electron chi connectivity index (χ3n) is 3.64. The summed E-state index contributed by atoms with van der Waals surface area (Å²) in [5, 5.41) is 5.20. The predicted molar refractivity (Wildman–Crippen MR) is 93.9 cm³/mol. The number of carbonyl (C=O) groups is 1.